The van der Waals surface area contributed by atoms with E-state index in [1.54, 1.807) is 41.1 Å². The number of carbonyl (C=O) groups excluding carboxylic acids is 1. The van der Waals surface area contributed by atoms with E-state index >= 15 is 0 Å². The first-order valence-corrected chi connectivity index (χ1v) is 8.43. The van der Waals surface area contributed by atoms with E-state index in [9.17, 15) is 22.4 Å². The van der Waals surface area contributed by atoms with E-state index < -0.39 is 17.8 Å². The van der Waals surface area contributed by atoms with Crippen molar-refractivity contribution in [3.05, 3.63) is 89.5 Å². The lowest BCUT2D eigenvalue weighted by atomic mass is 10.1. The summed E-state index contributed by atoms with van der Waals surface area (Å²) in [6.07, 6.45) is -2.83. The maximum atomic E-state index is 13.8. The van der Waals surface area contributed by atoms with Crippen molar-refractivity contribution in [3.63, 3.8) is 0 Å². The molecule has 2 N–H and O–H groups in total. The van der Waals surface area contributed by atoms with Gasteiger partial charge in [-0.3, -0.25) is 0 Å². The fourth-order valence-corrected chi connectivity index (χ4v) is 2.75. The van der Waals surface area contributed by atoms with E-state index in [0.717, 1.165) is 6.07 Å². The molecule has 0 bridgehead atoms. The molecule has 2 amide bonds. The van der Waals surface area contributed by atoms with Crippen molar-refractivity contribution in [1.29, 1.82) is 0 Å². The maximum absolute atomic E-state index is 13.8. The number of benzene rings is 2. The van der Waals surface area contributed by atoms with Crippen LogP contribution in [0.4, 0.5) is 28.0 Å². The smallest absolute Gasteiger partial charge is 0.345 e. The maximum Gasteiger partial charge on any atom is 0.418 e. The number of alkyl halides is 3. The van der Waals surface area contributed by atoms with Crippen molar-refractivity contribution < 1.29 is 22.4 Å². The lowest BCUT2D eigenvalue weighted by Gasteiger charge is -2.15. The van der Waals surface area contributed by atoms with Gasteiger partial charge in [-0.05, 0) is 30.3 Å². The SMILES string of the molecule is O=C(NCc1cccn1Cc1ccccc1F)Nc1ccccc1C(F)(F)F. The third-order valence-corrected chi connectivity index (χ3v) is 4.13. The van der Waals surface area contributed by atoms with Gasteiger partial charge in [0.05, 0.1) is 24.3 Å². The highest BCUT2D eigenvalue weighted by Crippen LogP contribution is 2.34. The Hall–Kier alpha value is -3.29. The molecule has 0 fully saturated rings. The lowest BCUT2D eigenvalue weighted by Crippen LogP contribution is -2.30. The number of rotatable bonds is 5. The number of aromatic nitrogens is 1. The molecule has 0 atom stereocenters. The molecule has 0 spiro atoms. The van der Waals surface area contributed by atoms with E-state index in [1.165, 1.54) is 24.3 Å². The second kappa shape index (κ2) is 8.16. The normalized spacial score (nSPS) is 11.3. The Labute approximate surface area is 158 Å². The number of nitrogens with zero attached hydrogens (tertiary/aromatic N) is 1. The molecule has 2 aromatic carbocycles. The first-order chi connectivity index (χ1) is 13.3. The summed E-state index contributed by atoms with van der Waals surface area (Å²) in [5.74, 6) is -0.336. The van der Waals surface area contributed by atoms with Gasteiger partial charge in [-0.25, -0.2) is 9.18 Å². The Kier molecular flexibility index (Phi) is 5.67. The van der Waals surface area contributed by atoms with Crippen LogP contribution in [0.3, 0.4) is 0 Å². The molecular weight excluding hydrogens is 374 g/mol. The molecule has 8 heteroatoms. The number of halogens is 4. The predicted molar refractivity (Wildman–Crippen MR) is 97.2 cm³/mol. The molecule has 0 aliphatic heterocycles. The van der Waals surface area contributed by atoms with Gasteiger partial charge in [-0.15, -0.1) is 0 Å². The van der Waals surface area contributed by atoms with Crippen molar-refractivity contribution in [2.75, 3.05) is 5.32 Å². The number of anilines is 1. The molecule has 3 aromatic rings. The molecular formula is C20H17F4N3O. The highest BCUT2D eigenvalue weighted by Gasteiger charge is 2.33. The van der Waals surface area contributed by atoms with Crippen molar-refractivity contribution >= 4 is 11.7 Å². The van der Waals surface area contributed by atoms with Gasteiger partial charge in [0, 0.05) is 17.5 Å². The zero-order chi connectivity index (χ0) is 20.1. The minimum absolute atomic E-state index is 0.0709. The van der Waals surface area contributed by atoms with Gasteiger partial charge < -0.3 is 15.2 Å². The third-order valence-electron chi connectivity index (χ3n) is 4.13. The lowest BCUT2D eigenvalue weighted by molar-refractivity contribution is -0.136. The van der Waals surface area contributed by atoms with Crippen LogP contribution in [0.1, 0.15) is 16.8 Å². The average Bonchev–Trinajstić information content (AvgIpc) is 3.08. The number of hydrogen-bond donors (Lipinski definition) is 2. The summed E-state index contributed by atoms with van der Waals surface area (Å²) in [4.78, 5) is 12.1. The van der Waals surface area contributed by atoms with E-state index in [4.69, 9.17) is 0 Å². The van der Waals surface area contributed by atoms with Gasteiger partial charge in [-0.2, -0.15) is 13.2 Å². The fourth-order valence-electron chi connectivity index (χ4n) is 2.75. The van der Waals surface area contributed by atoms with Crippen LogP contribution >= 0.6 is 0 Å². The third kappa shape index (κ3) is 4.70. The monoisotopic (exact) mass is 391 g/mol. The molecule has 0 saturated carbocycles. The zero-order valence-corrected chi connectivity index (χ0v) is 14.6. The second-order valence-electron chi connectivity index (χ2n) is 6.07. The fraction of sp³-hybridized carbons (Fsp3) is 0.150. The minimum atomic E-state index is -4.57. The molecule has 4 nitrogen and oxygen atoms in total. The summed E-state index contributed by atoms with van der Waals surface area (Å²) in [6.45, 7) is 0.344. The largest absolute Gasteiger partial charge is 0.418 e. The first kappa shape index (κ1) is 19.5. The highest BCUT2D eigenvalue weighted by molar-refractivity contribution is 5.90. The zero-order valence-electron chi connectivity index (χ0n) is 14.6. The Balaban J connectivity index is 1.64. The van der Waals surface area contributed by atoms with Crippen LogP contribution in [0.2, 0.25) is 0 Å². The number of nitrogens with one attached hydrogen (secondary N) is 2. The standard InChI is InChI=1S/C20H17F4N3O/c21-17-9-3-1-6-14(17)13-27-11-5-7-15(27)12-25-19(28)26-18-10-4-2-8-16(18)20(22,23)24/h1-11H,12-13H2,(H2,25,26,28). The molecule has 146 valence electrons. The van der Waals surface area contributed by atoms with Crippen LogP contribution in [0.5, 0.6) is 0 Å². The molecule has 0 unspecified atom stereocenters. The van der Waals surface area contributed by atoms with Crippen molar-refractivity contribution in [1.82, 2.24) is 9.88 Å². The summed E-state index contributed by atoms with van der Waals surface area (Å²) in [6, 6.07) is 13.8. The van der Waals surface area contributed by atoms with Crippen molar-refractivity contribution in [2.24, 2.45) is 0 Å². The van der Waals surface area contributed by atoms with Crippen LogP contribution in [0.25, 0.3) is 0 Å². The first-order valence-electron chi connectivity index (χ1n) is 8.43. The number of carbonyl (C=O) groups is 1. The van der Waals surface area contributed by atoms with E-state index in [-0.39, 0.29) is 24.6 Å². The molecule has 3 rings (SSSR count). The van der Waals surface area contributed by atoms with Gasteiger partial charge >= 0.3 is 12.2 Å². The minimum Gasteiger partial charge on any atom is -0.345 e. The molecule has 0 saturated heterocycles. The molecule has 0 aliphatic rings. The molecule has 0 radical (unpaired) electrons. The number of para-hydroxylation sites is 1. The Morgan fingerprint density at radius 3 is 2.43 bits per heavy atom. The van der Waals surface area contributed by atoms with Crippen LogP contribution in [0, 0.1) is 5.82 Å². The average molecular weight is 391 g/mol. The summed E-state index contributed by atoms with van der Waals surface area (Å²) in [5.41, 5.74) is -0.0756. The Morgan fingerprint density at radius 1 is 0.964 bits per heavy atom. The number of amides is 2. The van der Waals surface area contributed by atoms with Crippen LogP contribution < -0.4 is 10.6 Å². The van der Waals surface area contributed by atoms with Crippen LogP contribution in [-0.4, -0.2) is 10.6 Å². The number of urea groups is 1. The molecule has 1 heterocycles. The van der Waals surface area contributed by atoms with Gasteiger partial charge in [-0.1, -0.05) is 30.3 Å². The van der Waals surface area contributed by atoms with Crippen molar-refractivity contribution in [3.8, 4) is 0 Å². The van der Waals surface area contributed by atoms with Gasteiger partial charge in [0.2, 0.25) is 0 Å². The summed E-state index contributed by atoms with van der Waals surface area (Å²) in [5, 5.41) is 4.74. The molecule has 1 aromatic heterocycles. The molecule has 28 heavy (non-hydrogen) atoms. The van der Waals surface area contributed by atoms with Crippen molar-refractivity contribution in [2.45, 2.75) is 19.3 Å². The van der Waals surface area contributed by atoms with E-state index in [2.05, 4.69) is 10.6 Å². The molecule has 0 aliphatic carbocycles. The number of hydrogen-bond acceptors (Lipinski definition) is 1. The Morgan fingerprint density at radius 2 is 1.68 bits per heavy atom. The second-order valence-corrected chi connectivity index (χ2v) is 6.07. The van der Waals surface area contributed by atoms with Gasteiger partial charge in [0.1, 0.15) is 5.82 Å². The quantitative estimate of drug-likeness (QED) is 0.590. The highest BCUT2D eigenvalue weighted by atomic mass is 19.4. The summed E-state index contributed by atoms with van der Waals surface area (Å²) in [7, 11) is 0. The predicted octanol–water partition coefficient (Wildman–Crippen LogP) is 5.02. The van der Waals surface area contributed by atoms with Crippen LogP contribution in [-0.2, 0) is 19.3 Å². The van der Waals surface area contributed by atoms with Gasteiger partial charge in [0.15, 0.2) is 0 Å². The summed E-state index contributed by atoms with van der Waals surface area (Å²) < 4.78 is 54.6. The van der Waals surface area contributed by atoms with E-state index in [1.807, 2.05) is 0 Å². The summed E-state index contributed by atoms with van der Waals surface area (Å²) >= 11 is 0. The van der Waals surface area contributed by atoms with Gasteiger partial charge in [0.25, 0.3) is 0 Å². The topological polar surface area (TPSA) is 46.1 Å². The van der Waals surface area contributed by atoms with Crippen LogP contribution in [0.15, 0.2) is 66.9 Å². The van der Waals surface area contributed by atoms with E-state index in [0.29, 0.717) is 11.3 Å². The Bertz CT molecular complexity index is 966.